The number of imidazole rings is 1. The number of hydrogen-bond donors (Lipinski definition) is 2. The number of hydrogen-bond acceptors (Lipinski definition) is 2. The van der Waals surface area contributed by atoms with E-state index in [2.05, 4.69) is 16.4 Å². The van der Waals surface area contributed by atoms with Crippen molar-refractivity contribution in [1.82, 2.24) is 14.9 Å². The van der Waals surface area contributed by atoms with Crippen LogP contribution in [0, 0.1) is 6.92 Å². The largest absolute Gasteiger partial charge is 0.326 e. The average Bonchev–Trinajstić information content (AvgIpc) is 2.83. The molecule has 0 aliphatic carbocycles. The normalized spacial score (nSPS) is 20.7. The first-order valence-electron chi connectivity index (χ1n) is 5.67. The molecule has 0 radical (unpaired) electrons. The van der Waals surface area contributed by atoms with Gasteiger partial charge in [-0.2, -0.15) is 0 Å². The van der Waals surface area contributed by atoms with Gasteiger partial charge in [0.1, 0.15) is 0 Å². The lowest BCUT2D eigenvalue weighted by atomic mass is 10.2. The Labute approximate surface area is 96.3 Å². The maximum Gasteiger partial charge on any atom is 0.326 e. The van der Waals surface area contributed by atoms with Crippen molar-refractivity contribution in [2.24, 2.45) is 0 Å². The lowest BCUT2D eigenvalue weighted by molar-refractivity contribution is 0.546. The Morgan fingerprint density at radius 1 is 1.50 bits per heavy atom. The number of nitrogens with zero attached hydrogens (tertiary/aromatic N) is 1. The Balaban J connectivity index is 0.000000810. The van der Waals surface area contributed by atoms with E-state index in [9.17, 15) is 4.79 Å². The molecule has 1 fully saturated rings. The minimum absolute atomic E-state index is 0. The summed E-state index contributed by atoms with van der Waals surface area (Å²) in [5, 5.41) is 3.29. The van der Waals surface area contributed by atoms with Gasteiger partial charge < -0.3 is 10.3 Å². The van der Waals surface area contributed by atoms with Gasteiger partial charge in [0.15, 0.2) is 0 Å². The highest BCUT2D eigenvalue weighted by molar-refractivity contribution is 5.76. The summed E-state index contributed by atoms with van der Waals surface area (Å²) < 4.78 is 1.89. The molecule has 2 aromatic rings. The van der Waals surface area contributed by atoms with Crippen LogP contribution in [0.2, 0.25) is 0 Å². The zero-order chi connectivity index (χ0) is 11.1. The highest BCUT2D eigenvalue weighted by Gasteiger charge is 2.20. The van der Waals surface area contributed by atoms with Gasteiger partial charge in [-0.05, 0) is 37.6 Å². The molecule has 1 aromatic carbocycles. The highest BCUT2D eigenvalue weighted by atomic mass is 16.1. The van der Waals surface area contributed by atoms with Gasteiger partial charge in [0.2, 0.25) is 0 Å². The summed E-state index contributed by atoms with van der Waals surface area (Å²) in [5.74, 6) is 0. The monoisotopic (exact) mass is 221 g/mol. The lowest BCUT2D eigenvalue weighted by Crippen LogP contribution is -2.23. The fourth-order valence-corrected chi connectivity index (χ4v) is 2.45. The van der Waals surface area contributed by atoms with E-state index in [0.717, 1.165) is 30.5 Å². The fraction of sp³-hybridized carbons (Fsp3) is 0.417. The van der Waals surface area contributed by atoms with E-state index >= 15 is 0 Å². The van der Waals surface area contributed by atoms with E-state index in [-0.39, 0.29) is 8.54 Å². The van der Waals surface area contributed by atoms with Gasteiger partial charge in [-0.3, -0.25) is 4.57 Å². The van der Waals surface area contributed by atoms with Gasteiger partial charge in [-0.25, -0.2) is 4.79 Å². The molecule has 3 rings (SSSR count). The minimum atomic E-state index is 0. The third-order valence-electron chi connectivity index (χ3n) is 3.27. The Bertz CT molecular complexity index is 585. The summed E-state index contributed by atoms with van der Waals surface area (Å²) in [6, 6.07) is 6.37. The van der Waals surface area contributed by atoms with Crippen LogP contribution in [-0.2, 0) is 0 Å². The number of aryl methyl sites for hydroxylation is 1. The van der Waals surface area contributed by atoms with Crippen molar-refractivity contribution < 1.29 is 2.85 Å². The Kier molecular flexibility index (Phi) is 2.11. The third kappa shape index (κ3) is 1.38. The van der Waals surface area contributed by atoms with Crippen LogP contribution in [0.5, 0.6) is 0 Å². The van der Waals surface area contributed by atoms with Crippen LogP contribution in [0.15, 0.2) is 23.0 Å². The standard InChI is InChI=1S/C12H15N3O.2H2/c1-8-2-3-10-11(6-8)15(12(16)14-10)9-4-5-13-7-9;;/h2-3,6,9,13H,4-5,7H2,1H3,(H,14,16);2*1H. The Morgan fingerprint density at radius 2 is 2.38 bits per heavy atom. The molecule has 1 unspecified atom stereocenters. The van der Waals surface area contributed by atoms with E-state index in [1.807, 2.05) is 23.6 Å². The quantitative estimate of drug-likeness (QED) is 0.769. The topological polar surface area (TPSA) is 49.8 Å². The molecular weight excluding hydrogens is 202 g/mol. The molecule has 2 N–H and O–H groups in total. The van der Waals surface area contributed by atoms with E-state index in [0.29, 0.717) is 6.04 Å². The molecule has 88 valence electrons. The zero-order valence-electron chi connectivity index (χ0n) is 9.29. The molecule has 1 aromatic heterocycles. The van der Waals surface area contributed by atoms with Gasteiger partial charge in [0, 0.05) is 9.40 Å². The van der Waals surface area contributed by atoms with Crippen LogP contribution in [0.4, 0.5) is 0 Å². The summed E-state index contributed by atoms with van der Waals surface area (Å²) in [7, 11) is 0. The number of rotatable bonds is 1. The smallest absolute Gasteiger partial charge is 0.315 e. The molecule has 4 heteroatoms. The van der Waals surface area contributed by atoms with E-state index < -0.39 is 0 Å². The average molecular weight is 221 g/mol. The van der Waals surface area contributed by atoms with Crippen LogP contribution in [0.3, 0.4) is 0 Å². The number of aromatic nitrogens is 2. The van der Waals surface area contributed by atoms with Crippen molar-refractivity contribution in [3.05, 3.63) is 34.2 Å². The van der Waals surface area contributed by atoms with E-state index in [1.54, 1.807) is 0 Å². The fourth-order valence-electron chi connectivity index (χ4n) is 2.45. The van der Waals surface area contributed by atoms with E-state index in [4.69, 9.17) is 0 Å². The molecule has 1 aliphatic rings. The number of aromatic amines is 1. The summed E-state index contributed by atoms with van der Waals surface area (Å²) in [6.45, 7) is 3.94. The van der Waals surface area contributed by atoms with Crippen LogP contribution >= 0.6 is 0 Å². The Morgan fingerprint density at radius 3 is 3.12 bits per heavy atom. The maximum atomic E-state index is 11.9. The van der Waals surface area contributed by atoms with Gasteiger partial charge >= 0.3 is 5.69 Å². The number of H-pyrrole nitrogens is 1. The molecule has 16 heavy (non-hydrogen) atoms. The van der Waals surface area contributed by atoms with Gasteiger partial charge in [-0.1, -0.05) is 6.07 Å². The second kappa shape index (κ2) is 3.49. The van der Waals surface area contributed by atoms with Crippen molar-refractivity contribution in [3.63, 3.8) is 0 Å². The first-order valence-corrected chi connectivity index (χ1v) is 5.67. The predicted octanol–water partition coefficient (Wildman–Crippen LogP) is 1.66. The van der Waals surface area contributed by atoms with Crippen LogP contribution in [-0.4, -0.2) is 22.6 Å². The van der Waals surface area contributed by atoms with Crippen LogP contribution in [0.1, 0.15) is 20.9 Å². The van der Waals surface area contributed by atoms with Gasteiger partial charge in [-0.15, -0.1) is 0 Å². The molecule has 0 saturated carbocycles. The summed E-state index contributed by atoms with van der Waals surface area (Å²) in [5.41, 5.74) is 3.15. The minimum Gasteiger partial charge on any atom is -0.315 e. The van der Waals surface area contributed by atoms with Crippen molar-refractivity contribution in [2.75, 3.05) is 13.1 Å². The first-order chi connectivity index (χ1) is 7.75. The van der Waals surface area contributed by atoms with Crippen LogP contribution < -0.4 is 11.0 Å². The van der Waals surface area contributed by atoms with Gasteiger partial charge in [0.25, 0.3) is 0 Å². The number of nitrogens with one attached hydrogen (secondary N) is 2. The summed E-state index contributed by atoms with van der Waals surface area (Å²) in [4.78, 5) is 14.8. The predicted molar refractivity (Wildman–Crippen MR) is 68.0 cm³/mol. The van der Waals surface area contributed by atoms with Crippen LogP contribution in [0.25, 0.3) is 11.0 Å². The summed E-state index contributed by atoms with van der Waals surface area (Å²) >= 11 is 0. The maximum absolute atomic E-state index is 11.9. The molecule has 1 atom stereocenters. The third-order valence-corrected chi connectivity index (χ3v) is 3.27. The SMILES string of the molecule is Cc1ccc2[nH]c(=O)n(C3CCNC3)c2c1.[HH].[HH]. The number of fused-ring (bicyclic) bond motifs is 1. The number of benzene rings is 1. The van der Waals surface area contributed by atoms with Crippen molar-refractivity contribution in [2.45, 2.75) is 19.4 Å². The molecule has 0 spiro atoms. The Hall–Kier alpha value is -1.55. The van der Waals surface area contributed by atoms with Crippen molar-refractivity contribution >= 4 is 11.0 Å². The van der Waals surface area contributed by atoms with E-state index in [1.165, 1.54) is 5.56 Å². The molecule has 1 saturated heterocycles. The first kappa shape index (κ1) is 9.66. The van der Waals surface area contributed by atoms with Crippen molar-refractivity contribution in [1.29, 1.82) is 0 Å². The lowest BCUT2D eigenvalue weighted by Gasteiger charge is -2.10. The zero-order valence-corrected chi connectivity index (χ0v) is 9.29. The van der Waals surface area contributed by atoms with Gasteiger partial charge in [0.05, 0.1) is 17.1 Å². The molecule has 4 nitrogen and oxygen atoms in total. The molecule has 0 amide bonds. The molecule has 2 heterocycles. The molecule has 0 bridgehead atoms. The van der Waals surface area contributed by atoms with Crippen molar-refractivity contribution in [3.8, 4) is 0 Å². The second-order valence-corrected chi connectivity index (χ2v) is 4.47. The summed E-state index contributed by atoms with van der Waals surface area (Å²) in [6.07, 6.45) is 1.03. The molecular formula is C12H19N3O. The second-order valence-electron chi connectivity index (χ2n) is 4.47. The molecule has 1 aliphatic heterocycles. The highest BCUT2D eigenvalue weighted by Crippen LogP contribution is 2.20.